The van der Waals surface area contributed by atoms with E-state index in [0.717, 1.165) is 5.56 Å². The average molecular weight is 382 g/mol. The standard InChI is InChI=1S/C20H19FN4O3/c1-27-18-10-8-15(14-17(18)21)9-11-19(26)28-13-5-12-25-23-20(22-24-25)16-6-3-2-4-7-16/h2-4,6-11,14H,5,12-13H2,1H3/b11-9+. The van der Waals surface area contributed by atoms with Crippen molar-refractivity contribution in [1.82, 2.24) is 20.2 Å². The van der Waals surface area contributed by atoms with Gasteiger partial charge in [-0.15, -0.1) is 10.2 Å². The van der Waals surface area contributed by atoms with Crippen LogP contribution in [0.25, 0.3) is 17.5 Å². The van der Waals surface area contributed by atoms with Crippen LogP contribution in [0.2, 0.25) is 0 Å². The first-order valence-electron chi connectivity index (χ1n) is 8.67. The van der Waals surface area contributed by atoms with E-state index >= 15 is 0 Å². The van der Waals surface area contributed by atoms with Crippen LogP contribution in [-0.2, 0) is 16.1 Å². The number of ether oxygens (including phenoxy) is 2. The van der Waals surface area contributed by atoms with Crippen LogP contribution < -0.4 is 4.74 Å². The molecule has 0 saturated heterocycles. The maximum absolute atomic E-state index is 13.6. The van der Waals surface area contributed by atoms with Gasteiger partial charge in [0, 0.05) is 18.1 Å². The molecule has 0 fully saturated rings. The normalized spacial score (nSPS) is 10.9. The molecule has 1 aromatic heterocycles. The fourth-order valence-electron chi connectivity index (χ4n) is 2.42. The van der Waals surface area contributed by atoms with Crippen LogP contribution in [0, 0.1) is 5.82 Å². The summed E-state index contributed by atoms with van der Waals surface area (Å²) in [5.74, 6) is -0.301. The molecule has 7 nitrogen and oxygen atoms in total. The molecule has 1 heterocycles. The number of benzene rings is 2. The summed E-state index contributed by atoms with van der Waals surface area (Å²) in [7, 11) is 1.39. The van der Waals surface area contributed by atoms with E-state index in [-0.39, 0.29) is 12.4 Å². The molecule has 0 aliphatic heterocycles. The summed E-state index contributed by atoms with van der Waals surface area (Å²) in [6.07, 6.45) is 3.28. The number of aryl methyl sites for hydroxylation is 1. The molecule has 0 atom stereocenters. The van der Waals surface area contributed by atoms with E-state index in [0.29, 0.717) is 24.4 Å². The summed E-state index contributed by atoms with van der Waals surface area (Å²) in [6, 6.07) is 14.0. The van der Waals surface area contributed by atoms with Gasteiger partial charge in [-0.2, -0.15) is 4.80 Å². The molecule has 8 heteroatoms. The Labute approximate surface area is 161 Å². The first-order valence-corrected chi connectivity index (χ1v) is 8.67. The van der Waals surface area contributed by atoms with Gasteiger partial charge in [-0.05, 0) is 29.0 Å². The molecule has 0 bridgehead atoms. The van der Waals surface area contributed by atoms with Crippen LogP contribution in [-0.4, -0.2) is 39.9 Å². The lowest BCUT2D eigenvalue weighted by molar-refractivity contribution is -0.137. The van der Waals surface area contributed by atoms with Gasteiger partial charge in [0.25, 0.3) is 0 Å². The van der Waals surface area contributed by atoms with E-state index in [1.807, 2.05) is 30.3 Å². The van der Waals surface area contributed by atoms with Crippen molar-refractivity contribution >= 4 is 12.0 Å². The Morgan fingerprint density at radius 1 is 1.21 bits per heavy atom. The first-order chi connectivity index (χ1) is 13.7. The largest absolute Gasteiger partial charge is 0.494 e. The van der Waals surface area contributed by atoms with E-state index in [1.54, 1.807) is 6.07 Å². The third kappa shape index (κ3) is 5.23. The van der Waals surface area contributed by atoms with E-state index in [4.69, 9.17) is 9.47 Å². The first kappa shape index (κ1) is 19.2. The number of halogens is 1. The average Bonchev–Trinajstić information content (AvgIpc) is 3.19. The number of tetrazole rings is 1. The Kier molecular flexibility index (Phi) is 6.46. The van der Waals surface area contributed by atoms with Gasteiger partial charge in [-0.3, -0.25) is 0 Å². The topological polar surface area (TPSA) is 79.1 Å². The number of methoxy groups -OCH3 is 1. The Hall–Kier alpha value is -3.55. The monoisotopic (exact) mass is 382 g/mol. The van der Waals surface area contributed by atoms with Gasteiger partial charge in [0.15, 0.2) is 11.6 Å². The van der Waals surface area contributed by atoms with Crippen LogP contribution in [0.3, 0.4) is 0 Å². The molecule has 3 rings (SSSR count). The lowest BCUT2D eigenvalue weighted by atomic mass is 10.2. The SMILES string of the molecule is COc1ccc(/C=C/C(=O)OCCCn2nnc(-c3ccccc3)n2)cc1F. The highest BCUT2D eigenvalue weighted by atomic mass is 19.1. The third-order valence-corrected chi connectivity index (χ3v) is 3.82. The van der Waals surface area contributed by atoms with Crippen molar-refractivity contribution < 1.29 is 18.7 Å². The minimum absolute atomic E-state index is 0.150. The highest BCUT2D eigenvalue weighted by Crippen LogP contribution is 2.18. The highest BCUT2D eigenvalue weighted by Gasteiger charge is 2.06. The van der Waals surface area contributed by atoms with Gasteiger partial charge >= 0.3 is 5.97 Å². The molecule has 0 aliphatic rings. The van der Waals surface area contributed by atoms with Gasteiger partial charge in [0.1, 0.15) is 0 Å². The number of rotatable bonds is 8. The molecule has 144 valence electrons. The van der Waals surface area contributed by atoms with Crippen molar-refractivity contribution in [3.8, 4) is 17.1 Å². The Morgan fingerprint density at radius 2 is 2.04 bits per heavy atom. The molecule has 0 spiro atoms. The lowest BCUT2D eigenvalue weighted by Gasteiger charge is -2.03. The maximum atomic E-state index is 13.6. The second-order valence-electron chi connectivity index (χ2n) is 5.82. The van der Waals surface area contributed by atoms with Crippen LogP contribution in [0.4, 0.5) is 4.39 Å². The van der Waals surface area contributed by atoms with Crippen molar-refractivity contribution in [1.29, 1.82) is 0 Å². The van der Waals surface area contributed by atoms with Crippen LogP contribution in [0.15, 0.2) is 54.6 Å². The number of carbonyl (C=O) groups is 1. The van der Waals surface area contributed by atoms with Gasteiger partial charge in [0.2, 0.25) is 5.82 Å². The molecule has 0 aliphatic carbocycles. The zero-order chi connectivity index (χ0) is 19.8. The zero-order valence-electron chi connectivity index (χ0n) is 15.3. The molecule has 0 amide bonds. The van der Waals surface area contributed by atoms with Crippen LogP contribution >= 0.6 is 0 Å². The molecule has 0 N–H and O–H groups in total. The molecular formula is C20H19FN4O3. The van der Waals surface area contributed by atoms with Gasteiger partial charge in [-0.25, -0.2) is 9.18 Å². The van der Waals surface area contributed by atoms with Crippen LogP contribution in [0.1, 0.15) is 12.0 Å². The summed E-state index contributed by atoms with van der Waals surface area (Å²) >= 11 is 0. The zero-order valence-corrected chi connectivity index (χ0v) is 15.3. The van der Waals surface area contributed by atoms with E-state index in [1.165, 1.54) is 36.2 Å². The molecule has 0 radical (unpaired) electrons. The van der Waals surface area contributed by atoms with Crippen molar-refractivity contribution in [2.24, 2.45) is 0 Å². The van der Waals surface area contributed by atoms with Crippen molar-refractivity contribution in [2.45, 2.75) is 13.0 Å². The molecular weight excluding hydrogens is 363 g/mol. The number of hydrogen-bond donors (Lipinski definition) is 0. The lowest BCUT2D eigenvalue weighted by Crippen LogP contribution is -2.08. The van der Waals surface area contributed by atoms with Crippen LogP contribution in [0.5, 0.6) is 5.75 Å². The summed E-state index contributed by atoms with van der Waals surface area (Å²) in [5.41, 5.74) is 1.43. The van der Waals surface area contributed by atoms with Gasteiger partial charge in [0.05, 0.1) is 20.3 Å². The minimum Gasteiger partial charge on any atom is -0.494 e. The number of aromatic nitrogens is 4. The predicted molar refractivity (Wildman–Crippen MR) is 101 cm³/mol. The number of carbonyl (C=O) groups excluding carboxylic acids is 1. The maximum Gasteiger partial charge on any atom is 0.330 e. The summed E-state index contributed by atoms with van der Waals surface area (Å²) in [4.78, 5) is 13.2. The highest BCUT2D eigenvalue weighted by molar-refractivity contribution is 5.87. The quantitative estimate of drug-likeness (QED) is 0.338. The minimum atomic E-state index is -0.507. The van der Waals surface area contributed by atoms with E-state index in [2.05, 4.69) is 15.4 Å². The van der Waals surface area contributed by atoms with Crippen molar-refractivity contribution in [3.63, 3.8) is 0 Å². The summed E-state index contributed by atoms with van der Waals surface area (Å²) in [5, 5.41) is 12.3. The van der Waals surface area contributed by atoms with Gasteiger partial charge in [-0.1, -0.05) is 36.4 Å². The fourth-order valence-corrected chi connectivity index (χ4v) is 2.42. The molecule has 0 unspecified atom stereocenters. The Bertz CT molecular complexity index is 957. The second-order valence-corrected chi connectivity index (χ2v) is 5.82. The summed E-state index contributed by atoms with van der Waals surface area (Å²) in [6.45, 7) is 0.683. The number of nitrogens with zero attached hydrogens (tertiary/aromatic N) is 4. The Morgan fingerprint density at radius 3 is 2.79 bits per heavy atom. The Balaban J connectivity index is 1.42. The second kappa shape index (κ2) is 9.40. The van der Waals surface area contributed by atoms with E-state index < -0.39 is 11.8 Å². The number of hydrogen-bond acceptors (Lipinski definition) is 6. The predicted octanol–water partition coefficient (Wildman–Crippen LogP) is 3.13. The fraction of sp³-hybridized carbons (Fsp3) is 0.200. The summed E-state index contributed by atoms with van der Waals surface area (Å²) < 4.78 is 23.6. The molecule has 3 aromatic rings. The van der Waals surface area contributed by atoms with Crippen molar-refractivity contribution in [3.05, 3.63) is 66.0 Å². The third-order valence-electron chi connectivity index (χ3n) is 3.82. The molecule has 28 heavy (non-hydrogen) atoms. The van der Waals surface area contributed by atoms with E-state index in [9.17, 15) is 9.18 Å². The number of esters is 1. The molecule has 2 aromatic carbocycles. The molecule has 0 saturated carbocycles. The van der Waals surface area contributed by atoms with Gasteiger partial charge < -0.3 is 9.47 Å². The smallest absolute Gasteiger partial charge is 0.330 e. The van der Waals surface area contributed by atoms with Crippen molar-refractivity contribution in [2.75, 3.05) is 13.7 Å².